The molecule has 0 amide bonds. The van der Waals surface area contributed by atoms with Gasteiger partial charge in [-0.1, -0.05) is 78.1 Å². The second-order valence-electron chi connectivity index (χ2n) is 10.8. The molecule has 0 spiro atoms. The molecule has 7 rings (SSSR count). The van der Waals surface area contributed by atoms with Crippen molar-refractivity contribution < 1.29 is 14.4 Å². The molecule has 1 atom stereocenters. The van der Waals surface area contributed by atoms with Crippen LogP contribution >= 0.6 is 33.9 Å². The SMILES string of the molecule is COc1cc(/C=c2\sc3n(c2=O)C(c2cccc([N+](=O)[O-])c2)C2=C(N=3)c3ccccc3CC2)cc(I)c1OCc1ccccc1. The third-order valence-corrected chi connectivity index (χ3v) is 9.83. The lowest BCUT2D eigenvalue weighted by Crippen LogP contribution is -2.38. The highest BCUT2D eigenvalue weighted by Crippen LogP contribution is 2.42. The zero-order valence-electron chi connectivity index (χ0n) is 24.1. The third-order valence-electron chi connectivity index (χ3n) is 8.05. The molecule has 0 bridgehead atoms. The van der Waals surface area contributed by atoms with Crippen molar-refractivity contribution in [1.29, 1.82) is 0 Å². The van der Waals surface area contributed by atoms with Crippen molar-refractivity contribution in [3.8, 4) is 11.5 Å². The van der Waals surface area contributed by atoms with Crippen molar-refractivity contribution in [3.63, 3.8) is 0 Å². The summed E-state index contributed by atoms with van der Waals surface area (Å²) in [7, 11) is 1.60. The second kappa shape index (κ2) is 12.1. The molecule has 0 saturated carbocycles. The van der Waals surface area contributed by atoms with E-state index in [-0.39, 0.29) is 11.2 Å². The number of halogens is 1. The molecule has 1 aromatic heterocycles. The van der Waals surface area contributed by atoms with E-state index in [4.69, 9.17) is 14.5 Å². The Morgan fingerprint density at radius 3 is 2.64 bits per heavy atom. The number of non-ortho nitro benzene ring substituents is 1. The molecule has 45 heavy (non-hydrogen) atoms. The van der Waals surface area contributed by atoms with Crippen LogP contribution in [0.1, 0.15) is 40.3 Å². The zero-order valence-corrected chi connectivity index (χ0v) is 27.1. The quantitative estimate of drug-likeness (QED) is 0.110. The average molecular weight is 728 g/mol. The van der Waals surface area contributed by atoms with E-state index in [1.165, 1.54) is 23.0 Å². The van der Waals surface area contributed by atoms with Crippen molar-refractivity contribution in [1.82, 2.24) is 4.57 Å². The first-order chi connectivity index (χ1) is 21.9. The highest BCUT2D eigenvalue weighted by Gasteiger charge is 2.33. The fraction of sp³-hybridized carbons (Fsp3) is 0.143. The van der Waals surface area contributed by atoms with E-state index in [1.54, 1.807) is 23.8 Å². The molecule has 1 unspecified atom stereocenters. The minimum absolute atomic E-state index is 0.0128. The molecule has 1 aliphatic carbocycles. The lowest BCUT2D eigenvalue weighted by molar-refractivity contribution is -0.384. The van der Waals surface area contributed by atoms with Gasteiger partial charge >= 0.3 is 0 Å². The molecule has 8 nitrogen and oxygen atoms in total. The van der Waals surface area contributed by atoms with Crippen LogP contribution in [0.5, 0.6) is 11.5 Å². The number of fused-ring (bicyclic) bond motifs is 3. The Morgan fingerprint density at radius 1 is 1.04 bits per heavy atom. The summed E-state index contributed by atoms with van der Waals surface area (Å²) < 4.78 is 14.9. The number of nitro groups is 1. The molecule has 2 heterocycles. The van der Waals surface area contributed by atoms with E-state index >= 15 is 0 Å². The number of nitro benzene ring substituents is 1. The monoisotopic (exact) mass is 727 g/mol. The topological polar surface area (TPSA) is 96.0 Å². The van der Waals surface area contributed by atoms with Crippen molar-refractivity contribution in [3.05, 3.63) is 158 Å². The Labute approximate surface area is 275 Å². The number of nitrogens with zero attached hydrogens (tertiary/aromatic N) is 3. The Balaban J connectivity index is 1.35. The third kappa shape index (κ3) is 5.48. The highest BCUT2D eigenvalue weighted by molar-refractivity contribution is 14.1. The predicted octanol–water partition coefficient (Wildman–Crippen LogP) is 6.42. The molecule has 2 aliphatic rings. The number of rotatable bonds is 7. The van der Waals surface area contributed by atoms with Crippen molar-refractivity contribution >= 4 is 51.4 Å². The van der Waals surface area contributed by atoms with Gasteiger partial charge in [0.2, 0.25) is 0 Å². The number of allylic oxidation sites excluding steroid dienone is 1. The molecule has 0 radical (unpaired) electrons. The van der Waals surface area contributed by atoms with Gasteiger partial charge in [-0.15, -0.1) is 0 Å². The molecule has 5 aromatic rings. The fourth-order valence-corrected chi connectivity index (χ4v) is 7.76. The zero-order chi connectivity index (χ0) is 31.1. The van der Waals surface area contributed by atoms with Crippen LogP contribution < -0.4 is 24.4 Å². The van der Waals surface area contributed by atoms with Crippen LogP contribution in [-0.4, -0.2) is 16.6 Å². The van der Waals surface area contributed by atoms with Gasteiger partial charge in [0, 0.05) is 17.7 Å². The summed E-state index contributed by atoms with van der Waals surface area (Å²) in [6.45, 7) is 0.399. The van der Waals surface area contributed by atoms with Crippen LogP contribution in [0.3, 0.4) is 0 Å². The van der Waals surface area contributed by atoms with Gasteiger partial charge in [0.15, 0.2) is 16.3 Å². The summed E-state index contributed by atoms with van der Waals surface area (Å²) in [6, 6.07) is 28.0. The van der Waals surface area contributed by atoms with Crippen LogP contribution in [0.25, 0.3) is 11.8 Å². The van der Waals surface area contributed by atoms with Crippen LogP contribution in [0.4, 0.5) is 5.69 Å². The van der Waals surface area contributed by atoms with Crippen LogP contribution in [0.2, 0.25) is 0 Å². The Hall–Kier alpha value is -4.55. The number of aryl methyl sites for hydroxylation is 1. The molecular formula is C35H26IN3O5S. The van der Waals surface area contributed by atoms with E-state index < -0.39 is 11.0 Å². The normalized spacial score (nSPS) is 15.5. The highest BCUT2D eigenvalue weighted by atomic mass is 127. The van der Waals surface area contributed by atoms with Crippen molar-refractivity contribution in [2.45, 2.75) is 25.5 Å². The standard InChI is InChI=1S/C35H26IN3O5S/c1-43-29-17-22(16-28(36)33(29)44-20-21-8-3-2-4-9-21)18-30-34(40)38-32(24-11-7-12-25(19-24)39(41)42)27-15-14-23-10-5-6-13-26(23)31(27)37-35(38)45-30/h2-13,16-19,32H,14-15,20H2,1H3/b30-18-. The molecule has 10 heteroatoms. The maximum Gasteiger partial charge on any atom is 0.271 e. The molecule has 0 saturated heterocycles. The molecule has 4 aromatic carbocycles. The first-order valence-corrected chi connectivity index (χ1v) is 16.2. The van der Waals surface area contributed by atoms with Crippen LogP contribution in [0.15, 0.2) is 106 Å². The second-order valence-corrected chi connectivity index (χ2v) is 12.9. The number of aromatic nitrogens is 1. The van der Waals surface area contributed by atoms with Gasteiger partial charge in [-0.05, 0) is 81.5 Å². The number of ether oxygens (including phenoxy) is 2. The Kier molecular flexibility index (Phi) is 7.84. The van der Waals surface area contributed by atoms with Crippen molar-refractivity contribution in [2.24, 2.45) is 4.99 Å². The Morgan fingerprint density at radius 2 is 1.84 bits per heavy atom. The van der Waals surface area contributed by atoms with Gasteiger partial charge in [0.1, 0.15) is 6.61 Å². The van der Waals surface area contributed by atoms with Gasteiger partial charge in [-0.25, -0.2) is 4.99 Å². The summed E-state index contributed by atoms with van der Waals surface area (Å²) in [5, 5.41) is 11.7. The smallest absolute Gasteiger partial charge is 0.271 e. The maximum atomic E-state index is 14.2. The lowest BCUT2D eigenvalue weighted by atomic mass is 9.83. The van der Waals surface area contributed by atoms with E-state index in [0.29, 0.717) is 39.4 Å². The molecule has 224 valence electrons. The lowest BCUT2D eigenvalue weighted by Gasteiger charge is -2.30. The molecular weight excluding hydrogens is 701 g/mol. The molecule has 0 N–H and O–H groups in total. The first kappa shape index (κ1) is 29.2. The summed E-state index contributed by atoms with van der Waals surface area (Å²) in [6.07, 6.45) is 3.35. The van der Waals surface area contributed by atoms with E-state index in [9.17, 15) is 14.9 Å². The van der Waals surface area contributed by atoms with Gasteiger partial charge in [-0.3, -0.25) is 19.5 Å². The fourth-order valence-electron chi connectivity index (χ4n) is 5.98. The minimum Gasteiger partial charge on any atom is -0.493 e. The number of hydrogen-bond donors (Lipinski definition) is 0. The largest absolute Gasteiger partial charge is 0.493 e. The minimum atomic E-state index is -0.505. The van der Waals surface area contributed by atoms with Crippen LogP contribution in [-0.2, 0) is 13.0 Å². The van der Waals surface area contributed by atoms with Crippen LogP contribution in [0, 0.1) is 13.7 Å². The predicted molar refractivity (Wildman–Crippen MR) is 182 cm³/mol. The van der Waals surface area contributed by atoms with E-state index in [2.05, 4.69) is 34.7 Å². The number of hydrogen-bond acceptors (Lipinski definition) is 7. The van der Waals surface area contributed by atoms with E-state index in [1.807, 2.05) is 66.7 Å². The van der Waals surface area contributed by atoms with Gasteiger partial charge in [-0.2, -0.15) is 0 Å². The van der Waals surface area contributed by atoms with E-state index in [0.717, 1.165) is 38.0 Å². The molecule has 0 fully saturated rings. The summed E-state index contributed by atoms with van der Waals surface area (Å²) in [4.78, 5) is 31.1. The Bertz CT molecular complexity index is 2190. The van der Waals surface area contributed by atoms with Gasteiger partial charge in [0.25, 0.3) is 11.2 Å². The van der Waals surface area contributed by atoms with Gasteiger partial charge in [0.05, 0.1) is 31.9 Å². The molecule has 1 aliphatic heterocycles. The number of thiazole rings is 1. The summed E-state index contributed by atoms with van der Waals surface area (Å²) in [5.74, 6) is 1.20. The van der Waals surface area contributed by atoms with Crippen molar-refractivity contribution in [2.75, 3.05) is 7.11 Å². The summed E-state index contributed by atoms with van der Waals surface area (Å²) >= 11 is 3.54. The first-order valence-electron chi connectivity index (χ1n) is 14.3. The summed E-state index contributed by atoms with van der Waals surface area (Å²) in [5.41, 5.74) is 6.39. The maximum absolute atomic E-state index is 14.2. The number of benzene rings is 4. The van der Waals surface area contributed by atoms with Gasteiger partial charge < -0.3 is 9.47 Å². The average Bonchev–Trinajstić information content (AvgIpc) is 3.37. The number of methoxy groups -OCH3 is 1.